The quantitative estimate of drug-likeness (QED) is 0.517. The van der Waals surface area contributed by atoms with Crippen LogP contribution in [0, 0.1) is 12.1 Å². The van der Waals surface area contributed by atoms with Crippen LogP contribution in [0.15, 0.2) is 24.3 Å². The summed E-state index contributed by atoms with van der Waals surface area (Å²) in [6, 6.07) is 7.84. The zero-order chi connectivity index (χ0) is 9.90. The molecule has 0 aliphatic rings. The highest BCUT2D eigenvalue weighted by atomic mass is 16.5. The molecule has 0 aromatic heterocycles. The molecule has 0 aliphatic heterocycles. The molecule has 0 radical (unpaired) electrons. The molecule has 0 amide bonds. The van der Waals surface area contributed by atoms with Gasteiger partial charge < -0.3 is 9.85 Å². The molecule has 1 aromatic carbocycles. The smallest absolute Gasteiger partial charge is 0.132 e. The van der Waals surface area contributed by atoms with Gasteiger partial charge in [-0.25, -0.2) is 0 Å². The molecule has 0 heterocycles. The monoisotopic (exact) mass is 179 g/mol. The fourth-order valence-corrected chi connectivity index (χ4v) is 1.41. The van der Waals surface area contributed by atoms with E-state index in [2.05, 4.69) is 0 Å². The van der Waals surface area contributed by atoms with Gasteiger partial charge in [0.25, 0.3) is 0 Å². The van der Waals surface area contributed by atoms with Crippen molar-refractivity contribution in [2.45, 2.75) is 20.8 Å². The lowest BCUT2D eigenvalue weighted by atomic mass is 10.2. The fraction of sp³-hybridized carbons (Fsp3) is 0.455. The van der Waals surface area contributed by atoms with E-state index in [1.807, 2.05) is 45.0 Å². The van der Waals surface area contributed by atoms with E-state index in [0.29, 0.717) is 13.1 Å². The highest BCUT2D eigenvalue weighted by Crippen LogP contribution is 2.21. The molecule has 0 atom stereocenters. The maximum absolute atomic E-state index is 12.1. The average molecular weight is 179 g/mol. The molecule has 1 aromatic rings. The van der Waals surface area contributed by atoms with Gasteiger partial charge in [-0.1, -0.05) is 17.7 Å². The lowest BCUT2D eigenvalue weighted by Gasteiger charge is -2.40. The number of quaternary nitrogens is 1. The van der Waals surface area contributed by atoms with Gasteiger partial charge in [-0.15, -0.1) is 0 Å². The lowest BCUT2D eigenvalue weighted by Crippen LogP contribution is -2.42. The molecule has 2 heteroatoms. The molecule has 0 N–H and O–H groups in total. The predicted octanol–water partition coefficient (Wildman–Crippen LogP) is 2.84. The average Bonchev–Trinajstić information content (AvgIpc) is 2.18. The van der Waals surface area contributed by atoms with Crippen molar-refractivity contribution in [3.8, 4) is 0 Å². The molecule has 2 nitrogen and oxygen atoms in total. The van der Waals surface area contributed by atoms with Crippen molar-refractivity contribution < 1.29 is 0 Å². The summed E-state index contributed by atoms with van der Waals surface area (Å²) in [5, 5.41) is 12.1. The normalized spacial score (nSPS) is 11.7. The summed E-state index contributed by atoms with van der Waals surface area (Å²) in [5.41, 5.74) is 2.05. The molecule has 0 saturated carbocycles. The van der Waals surface area contributed by atoms with Crippen molar-refractivity contribution in [2.24, 2.45) is 0 Å². The predicted molar refractivity (Wildman–Crippen MR) is 57.4 cm³/mol. The second-order valence-electron chi connectivity index (χ2n) is 3.36. The van der Waals surface area contributed by atoms with Gasteiger partial charge >= 0.3 is 0 Å². The Morgan fingerprint density at radius 3 is 1.92 bits per heavy atom. The molecular formula is C11H17NO. The highest BCUT2D eigenvalue weighted by molar-refractivity contribution is 5.44. The summed E-state index contributed by atoms with van der Waals surface area (Å²) in [4.78, 5) is 0. The highest BCUT2D eigenvalue weighted by Gasteiger charge is 2.14. The van der Waals surface area contributed by atoms with Crippen LogP contribution in [0.1, 0.15) is 19.4 Å². The fourth-order valence-electron chi connectivity index (χ4n) is 1.41. The van der Waals surface area contributed by atoms with Crippen LogP contribution in [0.25, 0.3) is 0 Å². The van der Waals surface area contributed by atoms with Crippen molar-refractivity contribution in [1.82, 2.24) is 4.65 Å². The van der Waals surface area contributed by atoms with Crippen LogP contribution in [0.3, 0.4) is 0 Å². The van der Waals surface area contributed by atoms with Gasteiger partial charge in [-0.2, -0.15) is 0 Å². The summed E-state index contributed by atoms with van der Waals surface area (Å²) >= 11 is 0. The van der Waals surface area contributed by atoms with E-state index in [1.54, 1.807) is 0 Å². The molecular weight excluding hydrogens is 162 g/mol. The molecule has 1 rings (SSSR count). The Balaban J connectivity index is 2.99. The summed E-state index contributed by atoms with van der Waals surface area (Å²) in [5.74, 6) is 0. The summed E-state index contributed by atoms with van der Waals surface area (Å²) in [6.07, 6.45) is 0. The van der Waals surface area contributed by atoms with E-state index in [4.69, 9.17) is 0 Å². The first-order valence-corrected chi connectivity index (χ1v) is 4.77. The topological polar surface area (TPSA) is 23.1 Å². The van der Waals surface area contributed by atoms with Gasteiger partial charge in [0.05, 0.1) is 13.1 Å². The Bertz CT molecular complexity index is 262. The minimum Gasteiger partial charge on any atom is -0.627 e. The molecule has 72 valence electrons. The summed E-state index contributed by atoms with van der Waals surface area (Å²) in [6.45, 7) is 7.08. The standard InChI is InChI=1S/C11H17NO/c1-4-12(13,5-2)11-8-6-10(3)7-9-11/h6-9H,4-5H2,1-3H3. The van der Waals surface area contributed by atoms with Gasteiger partial charge in [0.2, 0.25) is 0 Å². The van der Waals surface area contributed by atoms with Crippen molar-refractivity contribution >= 4 is 5.69 Å². The molecule has 0 unspecified atom stereocenters. The van der Waals surface area contributed by atoms with E-state index in [9.17, 15) is 5.21 Å². The van der Waals surface area contributed by atoms with Gasteiger partial charge in [0.1, 0.15) is 5.69 Å². The number of rotatable bonds is 3. The Morgan fingerprint density at radius 1 is 1.08 bits per heavy atom. The van der Waals surface area contributed by atoms with Gasteiger partial charge in [0.15, 0.2) is 0 Å². The van der Waals surface area contributed by atoms with Crippen molar-refractivity contribution in [1.29, 1.82) is 0 Å². The molecule has 0 bridgehead atoms. The van der Waals surface area contributed by atoms with E-state index in [-0.39, 0.29) is 4.65 Å². The Kier molecular flexibility index (Phi) is 3.07. The minimum atomic E-state index is -0.222. The third-order valence-electron chi connectivity index (χ3n) is 2.53. The van der Waals surface area contributed by atoms with E-state index in [1.165, 1.54) is 5.56 Å². The van der Waals surface area contributed by atoms with Crippen LogP contribution >= 0.6 is 0 Å². The molecule has 0 spiro atoms. The molecule has 0 saturated heterocycles. The third-order valence-corrected chi connectivity index (χ3v) is 2.53. The Labute approximate surface area is 80.0 Å². The SMILES string of the molecule is CC[N+]([O-])(CC)c1ccc(C)cc1. The lowest BCUT2D eigenvalue weighted by molar-refractivity contribution is 0.409. The molecule has 0 aliphatic carbocycles. The zero-order valence-electron chi connectivity index (χ0n) is 8.58. The molecule has 0 fully saturated rings. The number of aryl methyl sites for hydroxylation is 1. The van der Waals surface area contributed by atoms with Crippen molar-refractivity contribution in [3.05, 3.63) is 35.0 Å². The second kappa shape index (κ2) is 3.90. The van der Waals surface area contributed by atoms with Crippen LogP contribution in [0.5, 0.6) is 0 Å². The zero-order valence-corrected chi connectivity index (χ0v) is 8.58. The number of nitrogens with zero attached hydrogens (tertiary/aromatic N) is 1. The van der Waals surface area contributed by atoms with Gasteiger partial charge in [-0.3, -0.25) is 0 Å². The first-order valence-electron chi connectivity index (χ1n) is 4.77. The largest absolute Gasteiger partial charge is 0.627 e. The van der Waals surface area contributed by atoms with Crippen LogP contribution in [-0.4, -0.2) is 13.1 Å². The van der Waals surface area contributed by atoms with Crippen LogP contribution in [0.4, 0.5) is 5.69 Å². The van der Waals surface area contributed by atoms with Crippen LogP contribution in [0.2, 0.25) is 0 Å². The molecule has 13 heavy (non-hydrogen) atoms. The van der Waals surface area contributed by atoms with Crippen molar-refractivity contribution in [2.75, 3.05) is 13.1 Å². The Morgan fingerprint density at radius 2 is 1.54 bits per heavy atom. The van der Waals surface area contributed by atoms with Gasteiger partial charge in [0, 0.05) is 0 Å². The summed E-state index contributed by atoms with van der Waals surface area (Å²) in [7, 11) is 0. The van der Waals surface area contributed by atoms with E-state index < -0.39 is 0 Å². The van der Waals surface area contributed by atoms with Crippen molar-refractivity contribution in [3.63, 3.8) is 0 Å². The maximum Gasteiger partial charge on any atom is 0.132 e. The summed E-state index contributed by atoms with van der Waals surface area (Å²) < 4.78 is -0.222. The number of hydroxylamine groups is 2. The van der Waals surface area contributed by atoms with Gasteiger partial charge in [-0.05, 0) is 32.9 Å². The van der Waals surface area contributed by atoms with E-state index in [0.717, 1.165) is 5.69 Å². The minimum absolute atomic E-state index is 0.222. The van der Waals surface area contributed by atoms with E-state index >= 15 is 0 Å². The first kappa shape index (κ1) is 10.2. The number of hydrogen-bond acceptors (Lipinski definition) is 1. The second-order valence-corrected chi connectivity index (χ2v) is 3.36. The maximum atomic E-state index is 12.1. The number of benzene rings is 1. The van der Waals surface area contributed by atoms with Crippen LogP contribution in [-0.2, 0) is 0 Å². The van der Waals surface area contributed by atoms with Crippen LogP contribution < -0.4 is 4.65 Å². The number of hydrogen-bond donors (Lipinski definition) is 0. The Hall–Kier alpha value is -0.860. The third kappa shape index (κ3) is 2.08. The first-order chi connectivity index (χ1) is 6.12.